The van der Waals surface area contributed by atoms with Gasteiger partial charge in [-0.25, -0.2) is 4.39 Å². The molecule has 0 fully saturated rings. The largest absolute Gasteiger partial charge is 0.366 e. The fourth-order valence-corrected chi connectivity index (χ4v) is 1.95. The van der Waals surface area contributed by atoms with Gasteiger partial charge in [-0.1, -0.05) is 12.1 Å². The van der Waals surface area contributed by atoms with Crippen LogP contribution in [0.15, 0.2) is 24.3 Å². The first-order valence-corrected chi connectivity index (χ1v) is 6.93. The molecule has 1 rings (SSSR count). The smallest absolute Gasteiger partial charge is 0.249 e. The summed E-state index contributed by atoms with van der Waals surface area (Å²) in [5, 5.41) is 0. The number of hydrogen-bond donors (Lipinski definition) is 0. The van der Waals surface area contributed by atoms with Gasteiger partial charge in [0.25, 0.3) is 0 Å². The van der Waals surface area contributed by atoms with Crippen molar-refractivity contribution in [3.63, 3.8) is 0 Å². The topological polar surface area (TPSA) is 29.5 Å². The SMILES string of the molecule is CCN(C(=O)COC(C)(C)C)C(C)c1ccc(F)cc1. The van der Waals surface area contributed by atoms with Gasteiger partial charge in [0.15, 0.2) is 0 Å². The zero-order chi connectivity index (χ0) is 15.3. The van der Waals surface area contributed by atoms with E-state index >= 15 is 0 Å². The third-order valence-electron chi connectivity index (χ3n) is 3.11. The van der Waals surface area contributed by atoms with Crippen LogP contribution in [0.4, 0.5) is 4.39 Å². The predicted octanol–water partition coefficient (Wildman–Crippen LogP) is 3.55. The maximum Gasteiger partial charge on any atom is 0.249 e. The van der Waals surface area contributed by atoms with Crippen LogP contribution in [0.25, 0.3) is 0 Å². The second kappa shape index (κ2) is 6.84. The van der Waals surface area contributed by atoms with Crippen molar-refractivity contribution in [2.24, 2.45) is 0 Å². The van der Waals surface area contributed by atoms with Gasteiger partial charge in [0.2, 0.25) is 5.91 Å². The Balaban J connectivity index is 2.74. The molecule has 0 aliphatic rings. The summed E-state index contributed by atoms with van der Waals surface area (Å²) < 4.78 is 18.5. The number of hydrogen-bond acceptors (Lipinski definition) is 2. The number of nitrogens with zero attached hydrogens (tertiary/aromatic N) is 1. The number of rotatable bonds is 5. The lowest BCUT2D eigenvalue weighted by Crippen LogP contribution is -2.38. The average molecular weight is 281 g/mol. The van der Waals surface area contributed by atoms with Gasteiger partial charge in [0.05, 0.1) is 11.6 Å². The molecule has 20 heavy (non-hydrogen) atoms. The van der Waals surface area contributed by atoms with E-state index in [-0.39, 0.29) is 30.0 Å². The van der Waals surface area contributed by atoms with Crippen LogP contribution in [0.2, 0.25) is 0 Å². The van der Waals surface area contributed by atoms with Crippen LogP contribution in [-0.2, 0) is 9.53 Å². The number of amides is 1. The Morgan fingerprint density at radius 3 is 2.30 bits per heavy atom. The van der Waals surface area contributed by atoms with E-state index in [0.717, 1.165) is 5.56 Å². The molecule has 0 heterocycles. The van der Waals surface area contributed by atoms with E-state index in [1.165, 1.54) is 12.1 Å². The summed E-state index contributed by atoms with van der Waals surface area (Å²) in [5.41, 5.74) is 0.575. The molecule has 0 bridgehead atoms. The quantitative estimate of drug-likeness (QED) is 0.826. The number of likely N-dealkylation sites (N-methyl/N-ethyl adjacent to an activating group) is 1. The highest BCUT2D eigenvalue weighted by molar-refractivity contribution is 5.78. The van der Waals surface area contributed by atoms with Crippen LogP contribution >= 0.6 is 0 Å². The van der Waals surface area contributed by atoms with Crippen molar-refractivity contribution in [1.82, 2.24) is 4.90 Å². The monoisotopic (exact) mass is 281 g/mol. The van der Waals surface area contributed by atoms with E-state index in [9.17, 15) is 9.18 Å². The van der Waals surface area contributed by atoms with Crippen LogP contribution in [0.5, 0.6) is 0 Å². The molecule has 0 saturated heterocycles. The molecule has 4 heteroatoms. The summed E-state index contributed by atoms with van der Waals surface area (Å²) in [6.07, 6.45) is 0. The molecule has 1 aromatic rings. The molecular weight excluding hydrogens is 257 g/mol. The van der Waals surface area contributed by atoms with Gasteiger partial charge >= 0.3 is 0 Å². The molecule has 0 aliphatic carbocycles. The lowest BCUT2D eigenvalue weighted by atomic mass is 10.1. The van der Waals surface area contributed by atoms with Gasteiger partial charge in [0, 0.05) is 6.54 Å². The average Bonchev–Trinajstić information content (AvgIpc) is 2.37. The highest BCUT2D eigenvalue weighted by Gasteiger charge is 2.22. The van der Waals surface area contributed by atoms with Gasteiger partial charge in [-0.15, -0.1) is 0 Å². The number of benzene rings is 1. The molecule has 0 radical (unpaired) electrons. The van der Waals surface area contributed by atoms with Crippen LogP contribution in [0.1, 0.15) is 46.2 Å². The molecular formula is C16H24FNO2. The zero-order valence-electron chi connectivity index (χ0n) is 12.9. The standard InChI is InChI=1S/C16H24FNO2/c1-6-18(15(19)11-20-16(3,4)5)12(2)13-7-9-14(17)10-8-13/h7-10,12H,6,11H2,1-5H3. The summed E-state index contributed by atoms with van der Waals surface area (Å²) in [5.74, 6) is -0.328. The molecule has 112 valence electrons. The van der Waals surface area contributed by atoms with E-state index in [4.69, 9.17) is 4.74 Å². The van der Waals surface area contributed by atoms with Gasteiger partial charge in [-0.05, 0) is 52.3 Å². The maximum atomic E-state index is 12.9. The minimum Gasteiger partial charge on any atom is -0.366 e. The molecule has 0 N–H and O–H groups in total. The molecule has 0 spiro atoms. The highest BCUT2D eigenvalue weighted by atomic mass is 19.1. The van der Waals surface area contributed by atoms with E-state index in [1.54, 1.807) is 17.0 Å². The summed E-state index contributed by atoms with van der Waals surface area (Å²) in [6.45, 7) is 10.3. The van der Waals surface area contributed by atoms with Gasteiger partial charge in [-0.2, -0.15) is 0 Å². The van der Waals surface area contributed by atoms with Crippen molar-refractivity contribution in [2.45, 2.75) is 46.3 Å². The van der Waals surface area contributed by atoms with Crippen LogP contribution in [0.3, 0.4) is 0 Å². The predicted molar refractivity (Wildman–Crippen MR) is 77.9 cm³/mol. The molecule has 3 nitrogen and oxygen atoms in total. The summed E-state index contributed by atoms with van der Waals surface area (Å²) >= 11 is 0. The van der Waals surface area contributed by atoms with E-state index in [1.807, 2.05) is 34.6 Å². The lowest BCUT2D eigenvalue weighted by molar-refractivity contribution is -0.143. The van der Waals surface area contributed by atoms with E-state index in [0.29, 0.717) is 6.54 Å². The van der Waals surface area contributed by atoms with Crippen molar-refractivity contribution < 1.29 is 13.9 Å². The van der Waals surface area contributed by atoms with Crippen LogP contribution < -0.4 is 0 Å². The zero-order valence-corrected chi connectivity index (χ0v) is 12.9. The Morgan fingerprint density at radius 2 is 1.85 bits per heavy atom. The van der Waals surface area contributed by atoms with Crippen molar-refractivity contribution in [1.29, 1.82) is 0 Å². The fourth-order valence-electron chi connectivity index (χ4n) is 1.95. The molecule has 0 aromatic heterocycles. The molecule has 0 saturated carbocycles. The lowest BCUT2D eigenvalue weighted by Gasteiger charge is -2.30. The fraction of sp³-hybridized carbons (Fsp3) is 0.562. The molecule has 0 aliphatic heterocycles. The minimum absolute atomic E-state index is 0.0563. The van der Waals surface area contributed by atoms with Crippen molar-refractivity contribution in [2.75, 3.05) is 13.2 Å². The van der Waals surface area contributed by atoms with E-state index in [2.05, 4.69) is 0 Å². The maximum absolute atomic E-state index is 12.9. The Bertz CT molecular complexity index is 437. The van der Waals surface area contributed by atoms with Crippen LogP contribution in [-0.4, -0.2) is 29.6 Å². The van der Waals surface area contributed by atoms with Crippen LogP contribution in [0, 0.1) is 5.82 Å². The van der Waals surface area contributed by atoms with Crippen molar-refractivity contribution >= 4 is 5.91 Å². The minimum atomic E-state index is -0.339. The third kappa shape index (κ3) is 4.93. The Kier molecular flexibility index (Phi) is 5.69. The summed E-state index contributed by atoms with van der Waals surface area (Å²) in [4.78, 5) is 14.0. The first-order valence-electron chi connectivity index (χ1n) is 6.93. The Labute approximate surface area is 120 Å². The second-order valence-electron chi connectivity index (χ2n) is 5.81. The summed E-state index contributed by atoms with van der Waals surface area (Å²) in [6, 6.07) is 6.14. The van der Waals surface area contributed by atoms with Gasteiger partial charge in [-0.3, -0.25) is 4.79 Å². The molecule has 1 aromatic carbocycles. The first kappa shape index (κ1) is 16.6. The normalized spacial score (nSPS) is 13.1. The van der Waals surface area contributed by atoms with Crippen molar-refractivity contribution in [3.8, 4) is 0 Å². The number of carbonyl (C=O) groups is 1. The van der Waals surface area contributed by atoms with E-state index < -0.39 is 0 Å². The Hall–Kier alpha value is -1.42. The first-order chi connectivity index (χ1) is 9.24. The second-order valence-corrected chi connectivity index (χ2v) is 5.81. The molecule has 1 unspecified atom stereocenters. The molecule has 1 amide bonds. The molecule has 1 atom stereocenters. The van der Waals surface area contributed by atoms with Crippen molar-refractivity contribution in [3.05, 3.63) is 35.6 Å². The Morgan fingerprint density at radius 1 is 1.30 bits per heavy atom. The number of halogens is 1. The van der Waals surface area contributed by atoms with Gasteiger partial charge in [0.1, 0.15) is 12.4 Å². The summed E-state index contributed by atoms with van der Waals surface area (Å²) in [7, 11) is 0. The highest BCUT2D eigenvalue weighted by Crippen LogP contribution is 2.21. The number of ether oxygens (including phenoxy) is 1. The van der Waals surface area contributed by atoms with Gasteiger partial charge < -0.3 is 9.64 Å². The number of carbonyl (C=O) groups excluding carboxylic acids is 1. The third-order valence-corrected chi connectivity index (χ3v) is 3.11.